The van der Waals surface area contributed by atoms with E-state index in [1.54, 1.807) is 0 Å². The van der Waals surface area contributed by atoms with Crippen LogP contribution >= 0.6 is 12.4 Å². The summed E-state index contributed by atoms with van der Waals surface area (Å²) < 4.78 is 0. The van der Waals surface area contributed by atoms with Crippen molar-refractivity contribution in [2.45, 2.75) is 78.1 Å². The summed E-state index contributed by atoms with van der Waals surface area (Å²) in [6.07, 6.45) is 14.6. The molecule has 0 aromatic rings. The van der Waals surface area contributed by atoms with E-state index < -0.39 is 0 Å². The maximum absolute atomic E-state index is 2.76. The highest BCUT2D eigenvalue weighted by atomic mass is 35.5. The lowest BCUT2D eigenvalue weighted by Gasteiger charge is -2.45. The molecule has 3 heteroatoms. The van der Waals surface area contributed by atoms with Crippen LogP contribution in [0.3, 0.4) is 0 Å². The number of hydrogen-bond donors (Lipinski definition) is 0. The summed E-state index contributed by atoms with van der Waals surface area (Å²) in [5.74, 6) is 0. The van der Waals surface area contributed by atoms with Crippen LogP contribution < -0.4 is 0 Å². The Hall–Kier alpha value is 0.210. The van der Waals surface area contributed by atoms with E-state index in [2.05, 4.69) is 37.7 Å². The minimum absolute atomic E-state index is 0. The fraction of sp³-hybridized carbons (Fsp3) is 1.00. The van der Waals surface area contributed by atoms with Gasteiger partial charge in [-0.2, -0.15) is 0 Å². The largest absolute Gasteiger partial charge is 0.309 e. The topological polar surface area (TPSA) is 6.48 Å². The summed E-state index contributed by atoms with van der Waals surface area (Å²) in [5.41, 5.74) is 1.41. The van der Waals surface area contributed by atoms with Crippen LogP contribution in [0.25, 0.3) is 0 Å². The third-order valence-corrected chi connectivity index (χ3v) is 6.53. The van der Waals surface area contributed by atoms with Gasteiger partial charge in [0.2, 0.25) is 0 Å². The highest BCUT2D eigenvalue weighted by molar-refractivity contribution is 5.85. The van der Waals surface area contributed by atoms with E-state index in [0.29, 0.717) is 10.8 Å². The van der Waals surface area contributed by atoms with Crippen LogP contribution in [0.4, 0.5) is 0 Å². The van der Waals surface area contributed by atoms with Gasteiger partial charge in [0.25, 0.3) is 0 Å². The monoisotopic (exact) mass is 344 g/mol. The molecule has 138 valence electrons. The zero-order chi connectivity index (χ0) is 16.1. The first-order valence-corrected chi connectivity index (χ1v) is 9.90. The quantitative estimate of drug-likeness (QED) is 0.596. The zero-order valence-electron chi connectivity index (χ0n) is 16.2. The zero-order valence-corrected chi connectivity index (χ0v) is 17.0. The Morgan fingerprint density at radius 1 is 0.913 bits per heavy atom. The maximum Gasteiger partial charge on any atom is 0.00385 e. The Balaban J connectivity index is 0.00000264. The van der Waals surface area contributed by atoms with Crippen LogP contribution in [0, 0.1) is 10.8 Å². The Morgan fingerprint density at radius 2 is 1.52 bits per heavy atom. The van der Waals surface area contributed by atoms with Crippen molar-refractivity contribution in [2.24, 2.45) is 10.8 Å². The third-order valence-electron chi connectivity index (χ3n) is 6.53. The molecule has 2 rings (SSSR count). The molecule has 23 heavy (non-hydrogen) atoms. The first kappa shape index (κ1) is 21.3. The van der Waals surface area contributed by atoms with E-state index in [1.165, 1.54) is 90.4 Å². The molecule has 0 amide bonds. The Kier molecular flexibility index (Phi) is 8.90. The molecule has 1 saturated heterocycles. The van der Waals surface area contributed by atoms with Crippen LogP contribution in [0.5, 0.6) is 0 Å². The summed E-state index contributed by atoms with van der Waals surface area (Å²) in [4.78, 5) is 5.08. The molecule has 0 aromatic carbocycles. The van der Waals surface area contributed by atoms with E-state index in [1.807, 2.05) is 0 Å². The molecule has 1 aliphatic carbocycles. The normalized spacial score (nSPS) is 23.3. The van der Waals surface area contributed by atoms with Crippen molar-refractivity contribution in [3.63, 3.8) is 0 Å². The summed E-state index contributed by atoms with van der Waals surface area (Å²) in [6.45, 7) is 10.1. The molecular weight excluding hydrogens is 304 g/mol. The lowest BCUT2D eigenvalue weighted by atomic mass is 9.60. The van der Waals surface area contributed by atoms with Crippen LogP contribution in [0.2, 0.25) is 0 Å². The standard InChI is InChI=1S/C20H40N2.ClH/c1-5-8-19(9-6-2)10-12-20(13-11-19)14-17-22(18-20)16-7-15-21(3)4;/h5-18H2,1-4H3;1H. The number of halogens is 1. The van der Waals surface area contributed by atoms with Gasteiger partial charge < -0.3 is 9.80 Å². The number of rotatable bonds is 8. The molecule has 0 bridgehead atoms. The molecule has 1 aliphatic heterocycles. The average molecular weight is 345 g/mol. The van der Waals surface area contributed by atoms with Crippen molar-refractivity contribution in [1.29, 1.82) is 0 Å². The lowest BCUT2D eigenvalue weighted by Crippen LogP contribution is -2.37. The van der Waals surface area contributed by atoms with Crippen LogP contribution in [0.1, 0.15) is 78.1 Å². The second-order valence-electron chi connectivity index (χ2n) is 8.68. The molecule has 1 saturated carbocycles. The van der Waals surface area contributed by atoms with Gasteiger partial charge in [0, 0.05) is 6.54 Å². The third kappa shape index (κ3) is 5.90. The van der Waals surface area contributed by atoms with Crippen LogP contribution in [0.15, 0.2) is 0 Å². The smallest absolute Gasteiger partial charge is 0.00385 e. The first-order valence-electron chi connectivity index (χ1n) is 9.90. The van der Waals surface area contributed by atoms with Crippen molar-refractivity contribution >= 4 is 12.4 Å². The van der Waals surface area contributed by atoms with Gasteiger partial charge >= 0.3 is 0 Å². The van der Waals surface area contributed by atoms with Gasteiger partial charge in [-0.15, -0.1) is 12.4 Å². The van der Waals surface area contributed by atoms with E-state index >= 15 is 0 Å². The van der Waals surface area contributed by atoms with E-state index in [-0.39, 0.29) is 12.4 Å². The second kappa shape index (κ2) is 9.63. The second-order valence-corrected chi connectivity index (χ2v) is 8.68. The summed E-state index contributed by atoms with van der Waals surface area (Å²) in [6, 6.07) is 0. The van der Waals surface area contributed by atoms with Crippen molar-refractivity contribution in [2.75, 3.05) is 40.3 Å². The Bertz CT molecular complexity index is 314. The molecule has 0 N–H and O–H groups in total. The first-order chi connectivity index (χ1) is 10.5. The van der Waals surface area contributed by atoms with E-state index in [0.717, 1.165) is 0 Å². The molecule has 0 aromatic heterocycles. The van der Waals surface area contributed by atoms with Gasteiger partial charge in [-0.1, -0.05) is 26.7 Å². The molecule has 2 nitrogen and oxygen atoms in total. The van der Waals surface area contributed by atoms with Gasteiger partial charge in [0.1, 0.15) is 0 Å². The fourth-order valence-electron chi connectivity index (χ4n) is 5.23. The fourth-order valence-corrected chi connectivity index (χ4v) is 5.23. The highest BCUT2D eigenvalue weighted by Gasteiger charge is 2.44. The number of likely N-dealkylation sites (tertiary alicyclic amines) is 1. The molecule has 1 spiro atoms. The molecule has 2 fully saturated rings. The van der Waals surface area contributed by atoms with E-state index in [4.69, 9.17) is 0 Å². The Labute approximate surface area is 151 Å². The summed E-state index contributed by atoms with van der Waals surface area (Å²) >= 11 is 0. The highest BCUT2D eigenvalue weighted by Crippen LogP contribution is 2.53. The van der Waals surface area contributed by atoms with Gasteiger partial charge in [-0.25, -0.2) is 0 Å². The van der Waals surface area contributed by atoms with E-state index in [9.17, 15) is 0 Å². The Morgan fingerprint density at radius 3 is 2.04 bits per heavy atom. The van der Waals surface area contributed by atoms with Gasteiger partial charge in [-0.05, 0) is 95.9 Å². The molecule has 1 heterocycles. The minimum Gasteiger partial charge on any atom is -0.309 e. The number of nitrogens with zero attached hydrogens (tertiary/aromatic N) is 2. The van der Waals surface area contributed by atoms with Crippen molar-refractivity contribution in [1.82, 2.24) is 9.80 Å². The number of hydrogen-bond acceptors (Lipinski definition) is 2. The van der Waals surface area contributed by atoms with Crippen molar-refractivity contribution < 1.29 is 0 Å². The summed E-state index contributed by atoms with van der Waals surface area (Å²) in [5, 5.41) is 0. The predicted octanol–water partition coefficient (Wildman–Crippen LogP) is 5.21. The predicted molar refractivity (Wildman–Crippen MR) is 105 cm³/mol. The SMILES string of the molecule is CCCC1(CCC)CCC2(CCN(CCCN(C)C)C2)CC1.Cl. The lowest BCUT2D eigenvalue weighted by molar-refractivity contribution is 0.0645. The maximum atomic E-state index is 2.76. The summed E-state index contributed by atoms with van der Waals surface area (Å²) in [7, 11) is 4.38. The molecular formula is C20H41ClN2. The molecule has 2 aliphatic rings. The molecule has 0 radical (unpaired) electrons. The van der Waals surface area contributed by atoms with Crippen LogP contribution in [-0.4, -0.2) is 50.1 Å². The van der Waals surface area contributed by atoms with Crippen molar-refractivity contribution in [3.8, 4) is 0 Å². The van der Waals surface area contributed by atoms with Crippen LogP contribution in [-0.2, 0) is 0 Å². The average Bonchev–Trinajstić information content (AvgIpc) is 2.86. The van der Waals surface area contributed by atoms with Gasteiger partial charge in [-0.3, -0.25) is 0 Å². The molecule has 0 atom stereocenters. The van der Waals surface area contributed by atoms with Gasteiger partial charge in [0.15, 0.2) is 0 Å². The van der Waals surface area contributed by atoms with Crippen molar-refractivity contribution in [3.05, 3.63) is 0 Å². The minimum atomic E-state index is 0. The molecule has 0 unspecified atom stereocenters. The van der Waals surface area contributed by atoms with Gasteiger partial charge in [0.05, 0.1) is 0 Å².